The molecular formula is C24H29ClN2O10. The molecule has 2 heterocycles. The topological polar surface area (TPSA) is 138 Å². The molecule has 0 aliphatic carbocycles. The van der Waals surface area contributed by atoms with Gasteiger partial charge in [0.25, 0.3) is 5.91 Å². The lowest BCUT2D eigenvalue weighted by atomic mass is 9.96. The van der Waals surface area contributed by atoms with Crippen LogP contribution in [-0.2, 0) is 47.7 Å². The van der Waals surface area contributed by atoms with E-state index in [1.54, 1.807) is 6.07 Å². The largest absolute Gasteiger partial charge is 0.455 e. The quantitative estimate of drug-likeness (QED) is 0.378. The molecule has 13 heteroatoms. The van der Waals surface area contributed by atoms with Crippen molar-refractivity contribution in [1.82, 2.24) is 4.90 Å². The van der Waals surface area contributed by atoms with Crippen molar-refractivity contribution in [3.63, 3.8) is 0 Å². The maximum absolute atomic E-state index is 13.6. The fraction of sp³-hybridized carbons (Fsp3) is 0.542. The third kappa shape index (κ3) is 7.10. The smallest absolute Gasteiger partial charge is 0.305 e. The summed E-state index contributed by atoms with van der Waals surface area (Å²) >= 11 is 6.30. The van der Waals surface area contributed by atoms with Crippen molar-refractivity contribution in [1.29, 1.82) is 0 Å². The van der Waals surface area contributed by atoms with Crippen molar-refractivity contribution < 1.29 is 47.7 Å². The van der Waals surface area contributed by atoms with Crippen molar-refractivity contribution in [2.75, 3.05) is 31.1 Å². The van der Waals surface area contributed by atoms with Gasteiger partial charge in [-0.15, -0.1) is 0 Å². The van der Waals surface area contributed by atoms with Gasteiger partial charge in [0, 0.05) is 53.9 Å². The van der Waals surface area contributed by atoms with Gasteiger partial charge < -0.3 is 33.5 Å². The van der Waals surface area contributed by atoms with Crippen LogP contribution in [0.1, 0.15) is 27.7 Å². The van der Waals surface area contributed by atoms with Crippen LogP contribution in [0.4, 0.5) is 5.69 Å². The number of piperazine rings is 1. The van der Waals surface area contributed by atoms with Gasteiger partial charge in [0.2, 0.25) is 12.4 Å². The maximum atomic E-state index is 13.6. The fourth-order valence-corrected chi connectivity index (χ4v) is 4.54. The van der Waals surface area contributed by atoms with Crippen LogP contribution in [0.2, 0.25) is 5.02 Å². The zero-order valence-electron chi connectivity index (χ0n) is 20.9. The van der Waals surface area contributed by atoms with Crippen molar-refractivity contribution in [3.8, 4) is 0 Å². The molecule has 1 aromatic rings. The first-order valence-electron chi connectivity index (χ1n) is 11.6. The van der Waals surface area contributed by atoms with E-state index in [-0.39, 0.29) is 13.1 Å². The number of hydrogen-bond donors (Lipinski definition) is 0. The summed E-state index contributed by atoms with van der Waals surface area (Å²) in [5.41, 5.74) is 0.831. The minimum atomic E-state index is -1.60. The van der Waals surface area contributed by atoms with E-state index < -0.39 is 60.5 Å². The van der Waals surface area contributed by atoms with Gasteiger partial charge in [-0.3, -0.25) is 24.0 Å². The number of hydrogen-bond acceptors (Lipinski definition) is 11. The number of halogens is 1. The minimum Gasteiger partial charge on any atom is -0.455 e. The fourth-order valence-electron chi connectivity index (χ4n) is 4.29. The monoisotopic (exact) mass is 540 g/mol. The molecule has 0 bridgehead atoms. The summed E-state index contributed by atoms with van der Waals surface area (Å²) in [7, 11) is 0. The van der Waals surface area contributed by atoms with Crippen LogP contribution in [0, 0.1) is 0 Å². The Bertz CT molecular complexity index is 1040. The predicted octanol–water partition coefficient (Wildman–Crippen LogP) is 1.07. The second-order valence-electron chi connectivity index (χ2n) is 8.52. The molecule has 12 nitrogen and oxygen atoms in total. The first kappa shape index (κ1) is 28.2. The molecule has 2 fully saturated rings. The highest BCUT2D eigenvalue weighted by Gasteiger charge is 2.56. The maximum Gasteiger partial charge on any atom is 0.305 e. The van der Waals surface area contributed by atoms with Crippen LogP contribution >= 0.6 is 11.6 Å². The summed E-state index contributed by atoms with van der Waals surface area (Å²) in [6.45, 7) is 5.85. The van der Waals surface area contributed by atoms with Crippen molar-refractivity contribution in [2.24, 2.45) is 0 Å². The molecule has 0 N–H and O–H groups in total. The van der Waals surface area contributed by atoms with Crippen molar-refractivity contribution in [2.45, 2.75) is 58.4 Å². The van der Waals surface area contributed by atoms with Crippen LogP contribution < -0.4 is 4.90 Å². The Hall–Kier alpha value is -3.38. The lowest BCUT2D eigenvalue weighted by Crippen LogP contribution is -2.66. The zero-order chi connectivity index (χ0) is 27.3. The molecule has 0 saturated carbocycles. The Morgan fingerprint density at radius 1 is 0.757 bits per heavy atom. The van der Waals surface area contributed by atoms with E-state index in [0.29, 0.717) is 18.1 Å². The summed E-state index contributed by atoms with van der Waals surface area (Å²) in [4.78, 5) is 64.6. The molecule has 0 radical (unpaired) electrons. The van der Waals surface area contributed by atoms with Gasteiger partial charge in [-0.1, -0.05) is 23.7 Å². The molecule has 2 aliphatic rings. The number of rotatable bonds is 6. The molecule has 1 aromatic carbocycles. The number of carbonyl (C=O) groups excluding carboxylic acids is 5. The second kappa shape index (κ2) is 12.2. The molecule has 0 aromatic heterocycles. The van der Waals surface area contributed by atoms with Gasteiger partial charge in [-0.05, 0) is 12.1 Å². The first-order chi connectivity index (χ1) is 17.5. The Kier molecular flexibility index (Phi) is 9.33. The normalized spacial score (nSPS) is 25.6. The molecule has 1 amide bonds. The third-order valence-corrected chi connectivity index (χ3v) is 6.03. The highest BCUT2D eigenvalue weighted by molar-refractivity contribution is 6.33. The Morgan fingerprint density at radius 3 is 1.81 bits per heavy atom. The summed E-state index contributed by atoms with van der Waals surface area (Å²) in [5.74, 6) is -3.78. The highest BCUT2D eigenvalue weighted by Crippen LogP contribution is 2.32. The van der Waals surface area contributed by atoms with Crippen LogP contribution in [0.25, 0.3) is 0 Å². The molecule has 3 rings (SSSR count). The molecule has 2 aliphatic heterocycles. The van der Waals surface area contributed by atoms with Crippen LogP contribution in [0.15, 0.2) is 24.3 Å². The summed E-state index contributed by atoms with van der Waals surface area (Å²) in [5, 5.41) is 0.581. The lowest BCUT2D eigenvalue weighted by molar-refractivity contribution is -0.292. The number of ether oxygens (including phenoxy) is 5. The number of nitrogens with zero attached hydrogens (tertiary/aromatic N) is 2. The van der Waals surface area contributed by atoms with E-state index in [9.17, 15) is 24.0 Å². The van der Waals surface area contributed by atoms with E-state index in [0.717, 1.165) is 33.4 Å². The Balaban J connectivity index is 1.88. The minimum absolute atomic E-state index is 0.278. The molecule has 0 spiro atoms. The van der Waals surface area contributed by atoms with Gasteiger partial charge >= 0.3 is 23.9 Å². The van der Waals surface area contributed by atoms with Gasteiger partial charge in [0.1, 0.15) is 0 Å². The molecular weight excluding hydrogens is 512 g/mol. The first-order valence-corrected chi connectivity index (χ1v) is 12.0. The summed E-state index contributed by atoms with van der Waals surface area (Å²) in [6.07, 6.45) is -7.57. The van der Waals surface area contributed by atoms with E-state index in [4.69, 9.17) is 35.3 Å². The Labute approximate surface area is 218 Å². The van der Waals surface area contributed by atoms with E-state index >= 15 is 0 Å². The standard InChI is InChI=1S/C24H29ClN2O10/c1-13(28)33-19-20(34-14(2)29)22(35-15(3)30)24(36-16(4)31)37-21(19)23(32)27-11-9-26(10-12-27)18-8-6-5-7-17(18)25/h5-8,19-22,24H,9-12H2,1-4H3/t19-,20-,21?,22+,24+/m0/s1. The van der Waals surface area contributed by atoms with Gasteiger partial charge in [-0.25, -0.2) is 0 Å². The van der Waals surface area contributed by atoms with Gasteiger partial charge in [0.05, 0.1) is 10.7 Å². The van der Waals surface area contributed by atoms with E-state index in [1.165, 1.54) is 4.90 Å². The number of esters is 4. The van der Waals surface area contributed by atoms with Gasteiger partial charge in [0.15, 0.2) is 18.3 Å². The number of amides is 1. The van der Waals surface area contributed by atoms with Crippen LogP contribution in [-0.4, -0.2) is 91.6 Å². The van der Waals surface area contributed by atoms with E-state index in [1.807, 2.05) is 23.1 Å². The molecule has 5 atom stereocenters. The average molecular weight is 541 g/mol. The predicted molar refractivity (Wildman–Crippen MR) is 127 cm³/mol. The number of anilines is 1. The van der Waals surface area contributed by atoms with E-state index in [2.05, 4.69) is 0 Å². The molecule has 202 valence electrons. The highest BCUT2D eigenvalue weighted by atomic mass is 35.5. The molecule has 1 unspecified atom stereocenters. The summed E-state index contributed by atoms with van der Waals surface area (Å²) in [6, 6.07) is 7.34. The zero-order valence-corrected chi connectivity index (χ0v) is 21.6. The SMILES string of the molecule is CC(=O)O[C@@H]1OC(C(=O)N2CCN(c3ccccc3Cl)CC2)[C@@H](OC(C)=O)[C@H](OC(C)=O)[C@H]1OC(C)=O. The lowest BCUT2D eigenvalue weighted by Gasteiger charge is -2.45. The van der Waals surface area contributed by atoms with Crippen molar-refractivity contribution in [3.05, 3.63) is 29.3 Å². The van der Waals surface area contributed by atoms with Gasteiger partial charge in [-0.2, -0.15) is 0 Å². The number of para-hydroxylation sites is 1. The van der Waals surface area contributed by atoms with Crippen LogP contribution in [0.3, 0.4) is 0 Å². The average Bonchev–Trinajstić information content (AvgIpc) is 2.81. The number of benzene rings is 1. The second-order valence-corrected chi connectivity index (χ2v) is 8.93. The summed E-state index contributed by atoms with van der Waals surface area (Å²) < 4.78 is 26.8. The molecule has 37 heavy (non-hydrogen) atoms. The Morgan fingerprint density at radius 2 is 1.27 bits per heavy atom. The van der Waals surface area contributed by atoms with Crippen LogP contribution in [0.5, 0.6) is 0 Å². The van der Waals surface area contributed by atoms with Crippen molar-refractivity contribution >= 4 is 47.1 Å². The number of carbonyl (C=O) groups is 5. The third-order valence-electron chi connectivity index (χ3n) is 5.71. The molecule has 2 saturated heterocycles.